The van der Waals surface area contributed by atoms with E-state index in [0.717, 1.165) is 12.5 Å². The topological polar surface area (TPSA) is 38.0 Å². The SMILES string of the molecule is CC[C@H](C)C[C@@H](CN)[C@H]1CCCCN1. The Morgan fingerprint density at radius 3 is 2.71 bits per heavy atom. The summed E-state index contributed by atoms with van der Waals surface area (Å²) in [5.74, 6) is 1.53. The average molecular weight is 198 g/mol. The van der Waals surface area contributed by atoms with Crippen molar-refractivity contribution in [1.82, 2.24) is 5.32 Å². The Labute approximate surface area is 88.6 Å². The number of hydrogen-bond acceptors (Lipinski definition) is 2. The third-order valence-electron chi connectivity index (χ3n) is 3.62. The van der Waals surface area contributed by atoms with Gasteiger partial charge in [0, 0.05) is 6.04 Å². The van der Waals surface area contributed by atoms with Crippen LogP contribution in [0.15, 0.2) is 0 Å². The highest BCUT2D eigenvalue weighted by Crippen LogP contribution is 2.22. The van der Waals surface area contributed by atoms with Gasteiger partial charge < -0.3 is 11.1 Å². The molecule has 0 amide bonds. The molecule has 3 N–H and O–H groups in total. The zero-order valence-electron chi connectivity index (χ0n) is 9.76. The number of piperidine rings is 1. The van der Waals surface area contributed by atoms with E-state index in [4.69, 9.17) is 5.73 Å². The summed E-state index contributed by atoms with van der Waals surface area (Å²) in [4.78, 5) is 0. The number of nitrogens with two attached hydrogens (primary N) is 1. The molecule has 2 nitrogen and oxygen atoms in total. The van der Waals surface area contributed by atoms with Gasteiger partial charge in [-0.2, -0.15) is 0 Å². The van der Waals surface area contributed by atoms with Gasteiger partial charge in [0.25, 0.3) is 0 Å². The van der Waals surface area contributed by atoms with Crippen LogP contribution in [0.5, 0.6) is 0 Å². The summed E-state index contributed by atoms with van der Waals surface area (Å²) >= 11 is 0. The minimum atomic E-state index is 0.697. The lowest BCUT2D eigenvalue weighted by atomic mass is 9.85. The van der Waals surface area contributed by atoms with E-state index in [1.807, 2.05) is 0 Å². The maximum Gasteiger partial charge on any atom is 0.0107 e. The van der Waals surface area contributed by atoms with E-state index in [0.29, 0.717) is 12.0 Å². The number of hydrogen-bond donors (Lipinski definition) is 2. The minimum Gasteiger partial charge on any atom is -0.330 e. The monoisotopic (exact) mass is 198 g/mol. The maximum absolute atomic E-state index is 5.87. The van der Waals surface area contributed by atoms with Gasteiger partial charge in [-0.3, -0.25) is 0 Å². The van der Waals surface area contributed by atoms with Gasteiger partial charge in [0.05, 0.1) is 0 Å². The lowest BCUT2D eigenvalue weighted by Crippen LogP contribution is -2.43. The Balaban J connectivity index is 2.35. The molecule has 1 aliphatic rings. The van der Waals surface area contributed by atoms with Crippen molar-refractivity contribution in [3.05, 3.63) is 0 Å². The van der Waals surface area contributed by atoms with Crippen molar-refractivity contribution in [1.29, 1.82) is 0 Å². The van der Waals surface area contributed by atoms with Crippen molar-refractivity contribution in [2.45, 2.75) is 52.0 Å². The largest absolute Gasteiger partial charge is 0.330 e. The minimum absolute atomic E-state index is 0.697. The van der Waals surface area contributed by atoms with Crippen LogP contribution in [-0.4, -0.2) is 19.1 Å². The third-order valence-corrected chi connectivity index (χ3v) is 3.62. The molecule has 0 spiro atoms. The first-order valence-corrected chi connectivity index (χ1v) is 6.21. The molecule has 0 aromatic heterocycles. The van der Waals surface area contributed by atoms with Gasteiger partial charge in [0.15, 0.2) is 0 Å². The molecule has 14 heavy (non-hydrogen) atoms. The Morgan fingerprint density at radius 2 is 2.21 bits per heavy atom. The summed E-state index contributed by atoms with van der Waals surface area (Å²) in [6.07, 6.45) is 6.64. The van der Waals surface area contributed by atoms with Crippen LogP contribution in [0.3, 0.4) is 0 Å². The molecule has 0 unspecified atom stereocenters. The zero-order chi connectivity index (χ0) is 10.4. The predicted octanol–water partition coefficient (Wildman–Crippen LogP) is 2.14. The van der Waals surface area contributed by atoms with Gasteiger partial charge in [0.2, 0.25) is 0 Å². The Bertz CT molecular complexity index is 141. The molecule has 1 rings (SSSR count). The van der Waals surface area contributed by atoms with Gasteiger partial charge >= 0.3 is 0 Å². The Kier molecular flexibility index (Phi) is 5.49. The van der Waals surface area contributed by atoms with Gasteiger partial charge in [-0.1, -0.05) is 26.7 Å². The highest BCUT2D eigenvalue weighted by molar-refractivity contribution is 4.81. The molecule has 0 aromatic rings. The second kappa shape index (κ2) is 6.41. The molecule has 1 saturated heterocycles. The van der Waals surface area contributed by atoms with Gasteiger partial charge in [-0.05, 0) is 44.2 Å². The van der Waals surface area contributed by atoms with E-state index >= 15 is 0 Å². The van der Waals surface area contributed by atoms with Crippen LogP contribution in [0.25, 0.3) is 0 Å². The quantitative estimate of drug-likeness (QED) is 0.710. The molecule has 0 radical (unpaired) electrons. The third kappa shape index (κ3) is 3.58. The van der Waals surface area contributed by atoms with Crippen LogP contribution in [-0.2, 0) is 0 Å². The van der Waals surface area contributed by atoms with Crippen molar-refractivity contribution in [3.63, 3.8) is 0 Å². The molecule has 1 fully saturated rings. The lowest BCUT2D eigenvalue weighted by Gasteiger charge is -2.32. The van der Waals surface area contributed by atoms with E-state index in [-0.39, 0.29) is 0 Å². The van der Waals surface area contributed by atoms with Crippen molar-refractivity contribution in [2.75, 3.05) is 13.1 Å². The summed E-state index contributed by atoms with van der Waals surface area (Å²) in [5.41, 5.74) is 5.87. The summed E-state index contributed by atoms with van der Waals surface area (Å²) in [5, 5.41) is 3.62. The fourth-order valence-corrected chi connectivity index (χ4v) is 2.39. The Morgan fingerprint density at radius 1 is 1.43 bits per heavy atom. The highest BCUT2D eigenvalue weighted by Gasteiger charge is 2.23. The van der Waals surface area contributed by atoms with Crippen LogP contribution in [0.2, 0.25) is 0 Å². The van der Waals surface area contributed by atoms with Crippen LogP contribution in [0, 0.1) is 11.8 Å². The molecule has 84 valence electrons. The normalized spacial score (nSPS) is 27.2. The first-order valence-electron chi connectivity index (χ1n) is 6.21. The van der Waals surface area contributed by atoms with Crippen molar-refractivity contribution in [2.24, 2.45) is 17.6 Å². The summed E-state index contributed by atoms with van der Waals surface area (Å²) in [7, 11) is 0. The fraction of sp³-hybridized carbons (Fsp3) is 1.00. The van der Waals surface area contributed by atoms with E-state index in [1.165, 1.54) is 38.6 Å². The molecule has 1 aliphatic heterocycles. The van der Waals surface area contributed by atoms with Gasteiger partial charge in [-0.15, -0.1) is 0 Å². The second-order valence-electron chi connectivity index (χ2n) is 4.80. The van der Waals surface area contributed by atoms with Crippen LogP contribution in [0.1, 0.15) is 46.0 Å². The van der Waals surface area contributed by atoms with E-state index in [2.05, 4.69) is 19.2 Å². The number of rotatable bonds is 5. The van der Waals surface area contributed by atoms with E-state index < -0.39 is 0 Å². The van der Waals surface area contributed by atoms with Crippen LogP contribution >= 0.6 is 0 Å². The van der Waals surface area contributed by atoms with Crippen molar-refractivity contribution >= 4 is 0 Å². The van der Waals surface area contributed by atoms with E-state index in [9.17, 15) is 0 Å². The maximum atomic E-state index is 5.87. The summed E-state index contributed by atoms with van der Waals surface area (Å²) in [6.45, 7) is 6.65. The highest BCUT2D eigenvalue weighted by atomic mass is 14.9. The first-order chi connectivity index (χ1) is 6.77. The van der Waals surface area contributed by atoms with Crippen LogP contribution < -0.4 is 11.1 Å². The first kappa shape index (κ1) is 12.0. The predicted molar refractivity (Wildman–Crippen MR) is 62.3 cm³/mol. The second-order valence-corrected chi connectivity index (χ2v) is 4.80. The van der Waals surface area contributed by atoms with Crippen LogP contribution in [0.4, 0.5) is 0 Å². The molecule has 0 saturated carbocycles. The van der Waals surface area contributed by atoms with Gasteiger partial charge in [-0.25, -0.2) is 0 Å². The molecule has 0 aromatic carbocycles. The summed E-state index contributed by atoms with van der Waals surface area (Å²) in [6, 6.07) is 0.697. The summed E-state index contributed by atoms with van der Waals surface area (Å²) < 4.78 is 0. The van der Waals surface area contributed by atoms with Gasteiger partial charge in [0.1, 0.15) is 0 Å². The number of nitrogens with one attached hydrogen (secondary N) is 1. The smallest absolute Gasteiger partial charge is 0.0107 e. The molecular formula is C12H26N2. The van der Waals surface area contributed by atoms with E-state index in [1.54, 1.807) is 0 Å². The standard InChI is InChI=1S/C12H26N2/c1-3-10(2)8-11(9-13)12-6-4-5-7-14-12/h10-12,14H,3-9,13H2,1-2H3/t10-,11-,12+/m0/s1. The Hall–Kier alpha value is -0.0800. The van der Waals surface area contributed by atoms with Crippen molar-refractivity contribution < 1.29 is 0 Å². The zero-order valence-corrected chi connectivity index (χ0v) is 9.76. The molecule has 0 bridgehead atoms. The molecule has 0 aliphatic carbocycles. The molecule has 1 heterocycles. The average Bonchev–Trinajstić information content (AvgIpc) is 2.26. The molecule has 2 heteroatoms. The fourth-order valence-electron chi connectivity index (χ4n) is 2.39. The molecule has 3 atom stereocenters. The van der Waals surface area contributed by atoms with Crippen molar-refractivity contribution in [3.8, 4) is 0 Å². The lowest BCUT2D eigenvalue weighted by molar-refractivity contribution is 0.257. The molecular weight excluding hydrogens is 172 g/mol.